The molecule has 0 aromatic heterocycles. The van der Waals surface area contributed by atoms with E-state index in [2.05, 4.69) is 10.2 Å². The molecule has 2 amide bonds. The van der Waals surface area contributed by atoms with E-state index in [1.54, 1.807) is 4.90 Å². The van der Waals surface area contributed by atoms with E-state index in [-0.39, 0.29) is 17.7 Å². The van der Waals surface area contributed by atoms with Crippen LogP contribution in [0.1, 0.15) is 32.1 Å². The normalized spacial score (nSPS) is 37.2. The van der Waals surface area contributed by atoms with Crippen LogP contribution in [0.5, 0.6) is 0 Å². The van der Waals surface area contributed by atoms with Gasteiger partial charge in [0.2, 0.25) is 0 Å². The van der Waals surface area contributed by atoms with Gasteiger partial charge in [0.1, 0.15) is 5.60 Å². The van der Waals surface area contributed by atoms with Crippen LogP contribution < -0.4 is 5.32 Å². The van der Waals surface area contributed by atoms with Gasteiger partial charge >= 0.3 is 12.2 Å². The first-order chi connectivity index (χ1) is 10.6. The SMILES string of the molecule is O=C1NCC2(CCN(C3CC4CCC3CN4C(=O)O)CC2)O1. The molecule has 1 saturated carbocycles. The van der Waals surface area contributed by atoms with E-state index in [1.807, 2.05) is 0 Å². The predicted molar refractivity (Wildman–Crippen MR) is 77.7 cm³/mol. The minimum Gasteiger partial charge on any atom is -0.465 e. The number of rotatable bonds is 1. The summed E-state index contributed by atoms with van der Waals surface area (Å²) in [5.41, 5.74) is -0.297. The Morgan fingerprint density at radius 1 is 1.32 bits per heavy atom. The van der Waals surface area contributed by atoms with Gasteiger partial charge in [0.15, 0.2) is 0 Å². The van der Waals surface area contributed by atoms with Gasteiger partial charge in [-0.2, -0.15) is 0 Å². The second kappa shape index (κ2) is 5.01. The van der Waals surface area contributed by atoms with Crippen molar-refractivity contribution in [3.8, 4) is 0 Å². The number of carbonyl (C=O) groups is 2. The third kappa shape index (κ3) is 2.22. The average Bonchev–Trinajstić information content (AvgIpc) is 2.89. The van der Waals surface area contributed by atoms with Crippen molar-refractivity contribution >= 4 is 12.2 Å². The quantitative estimate of drug-likeness (QED) is 0.758. The summed E-state index contributed by atoms with van der Waals surface area (Å²) in [6.07, 6.45) is 3.80. The van der Waals surface area contributed by atoms with Crippen molar-refractivity contribution in [1.29, 1.82) is 0 Å². The summed E-state index contributed by atoms with van der Waals surface area (Å²) in [5, 5.41) is 12.0. The Bertz CT molecular complexity index is 489. The molecule has 2 N–H and O–H groups in total. The van der Waals surface area contributed by atoms with Gasteiger partial charge in [-0.1, -0.05) is 0 Å². The number of piperidine rings is 3. The number of fused-ring (bicyclic) bond motifs is 3. The van der Waals surface area contributed by atoms with E-state index in [0.717, 1.165) is 45.2 Å². The molecule has 5 rings (SSSR count). The highest BCUT2D eigenvalue weighted by Gasteiger charge is 2.48. The summed E-state index contributed by atoms with van der Waals surface area (Å²) < 4.78 is 5.47. The molecule has 5 fully saturated rings. The van der Waals surface area contributed by atoms with Crippen LogP contribution in [0.4, 0.5) is 9.59 Å². The van der Waals surface area contributed by atoms with Crippen molar-refractivity contribution in [2.24, 2.45) is 5.92 Å². The lowest BCUT2D eigenvalue weighted by molar-refractivity contribution is -0.0549. The maximum Gasteiger partial charge on any atom is 0.407 e. The highest BCUT2D eigenvalue weighted by atomic mass is 16.6. The minimum absolute atomic E-state index is 0.189. The zero-order chi connectivity index (χ0) is 15.3. The molecule has 0 aromatic rings. The number of hydrogen-bond acceptors (Lipinski definition) is 4. The lowest BCUT2D eigenvalue weighted by Crippen LogP contribution is -2.62. The molecule has 4 saturated heterocycles. The van der Waals surface area contributed by atoms with Gasteiger partial charge in [0.25, 0.3) is 0 Å². The molecular weight excluding hydrogens is 286 g/mol. The second-order valence-electron chi connectivity index (χ2n) is 7.19. The van der Waals surface area contributed by atoms with Gasteiger partial charge in [-0.15, -0.1) is 0 Å². The average molecular weight is 309 g/mol. The molecule has 3 atom stereocenters. The molecule has 122 valence electrons. The Morgan fingerprint density at radius 3 is 2.64 bits per heavy atom. The van der Waals surface area contributed by atoms with E-state index in [4.69, 9.17) is 4.74 Å². The van der Waals surface area contributed by atoms with Gasteiger partial charge in [0.05, 0.1) is 6.54 Å². The van der Waals surface area contributed by atoms with Gasteiger partial charge in [-0.05, 0) is 25.2 Å². The molecule has 1 aliphatic carbocycles. The molecule has 1 spiro atoms. The van der Waals surface area contributed by atoms with Crippen molar-refractivity contribution in [1.82, 2.24) is 15.1 Å². The number of ether oxygens (including phenoxy) is 1. The molecule has 3 unspecified atom stereocenters. The third-order valence-corrected chi connectivity index (χ3v) is 6.09. The number of alkyl carbamates (subject to hydrolysis) is 1. The minimum atomic E-state index is -0.769. The molecule has 22 heavy (non-hydrogen) atoms. The molecule has 7 heteroatoms. The van der Waals surface area contributed by atoms with Crippen LogP contribution in [0, 0.1) is 5.92 Å². The van der Waals surface area contributed by atoms with Crippen LogP contribution in [0.25, 0.3) is 0 Å². The number of nitrogens with one attached hydrogen (secondary N) is 1. The first kappa shape index (κ1) is 14.1. The number of likely N-dealkylation sites (tertiary alicyclic amines) is 1. The number of amides is 2. The van der Waals surface area contributed by atoms with E-state index < -0.39 is 6.09 Å². The number of carboxylic acid groups (broad SMARTS) is 1. The topological polar surface area (TPSA) is 82.1 Å². The van der Waals surface area contributed by atoms with Crippen LogP contribution in [-0.2, 0) is 4.74 Å². The number of nitrogens with zero attached hydrogens (tertiary/aromatic N) is 2. The largest absolute Gasteiger partial charge is 0.465 e. The van der Waals surface area contributed by atoms with E-state index in [0.29, 0.717) is 25.0 Å². The van der Waals surface area contributed by atoms with E-state index in [1.165, 1.54) is 0 Å². The van der Waals surface area contributed by atoms with Crippen LogP contribution >= 0.6 is 0 Å². The first-order valence-corrected chi connectivity index (χ1v) is 8.27. The molecule has 7 nitrogen and oxygen atoms in total. The monoisotopic (exact) mass is 309 g/mol. The van der Waals surface area contributed by atoms with Crippen molar-refractivity contribution in [3.05, 3.63) is 0 Å². The lowest BCUT2D eigenvalue weighted by atomic mass is 9.74. The van der Waals surface area contributed by atoms with Gasteiger partial charge in [-0.25, -0.2) is 9.59 Å². The van der Waals surface area contributed by atoms with Crippen molar-refractivity contribution in [2.45, 2.75) is 49.8 Å². The molecule has 4 aliphatic heterocycles. The van der Waals surface area contributed by atoms with E-state index in [9.17, 15) is 14.7 Å². The fourth-order valence-electron chi connectivity index (χ4n) is 4.81. The van der Waals surface area contributed by atoms with E-state index >= 15 is 0 Å². The van der Waals surface area contributed by atoms with Gasteiger partial charge in [0, 0.05) is 44.6 Å². The Kier molecular flexibility index (Phi) is 3.21. The zero-order valence-electron chi connectivity index (χ0n) is 12.7. The smallest absolute Gasteiger partial charge is 0.407 e. The van der Waals surface area contributed by atoms with Crippen molar-refractivity contribution in [3.63, 3.8) is 0 Å². The summed E-state index contributed by atoms with van der Waals surface area (Å²) in [6, 6.07) is 0.686. The molecule has 5 aliphatic rings. The van der Waals surface area contributed by atoms with Crippen LogP contribution in [-0.4, -0.2) is 71.0 Å². The van der Waals surface area contributed by atoms with Crippen molar-refractivity contribution in [2.75, 3.05) is 26.2 Å². The second-order valence-corrected chi connectivity index (χ2v) is 7.19. The third-order valence-electron chi connectivity index (χ3n) is 6.09. The summed E-state index contributed by atoms with van der Waals surface area (Å²) in [4.78, 5) is 26.7. The molecule has 2 bridgehead atoms. The molecular formula is C15H23N3O4. The van der Waals surface area contributed by atoms with Crippen LogP contribution in [0.2, 0.25) is 0 Å². The van der Waals surface area contributed by atoms with Gasteiger partial charge < -0.3 is 20.1 Å². The summed E-state index contributed by atoms with van der Waals surface area (Å²) in [6.45, 7) is 3.19. The highest BCUT2D eigenvalue weighted by Crippen LogP contribution is 2.40. The molecule has 0 aromatic carbocycles. The maximum atomic E-state index is 11.3. The van der Waals surface area contributed by atoms with Crippen LogP contribution in [0.15, 0.2) is 0 Å². The Balaban J connectivity index is 1.39. The summed E-state index contributed by atoms with van der Waals surface area (Å²) in [5.74, 6) is 0.458. The Labute approximate surface area is 129 Å². The molecule has 0 radical (unpaired) electrons. The fraction of sp³-hybridized carbons (Fsp3) is 0.867. The predicted octanol–water partition coefficient (Wildman–Crippen LogP) is 1.09. The fourth-order valence-corrected chi connectivity index (χ4v) is 4.81. The summed E-state index contributed by atoms with van der Waals surface area (Å²) in [7, 11) is 0. The van der Waals surface area contributed by atoms with Crippen LogP contribution in [0.3, 0.4) is 0 Å². The highest BCUT2D eigenvalue weighted by molar-refractivity contribution is 5.70. The summed E-state index contributed by atoms with van der Waals surface area (Å²) >= 11 is 0. The maximum absolute atomic E-state index is 11.3. The Morgan fingerprint density at radius 2 is 2.09 bits per heavy atom. The zero-order valence-corrected chi connectivity index (χ0v) is 12.7. The first-order valence-electron chi connectivity index (χ1n) is 8.27. The van der Waals surface area contributed by atoms with Gasteiger partial charge in [-0.3, -0.25) is 4.90 Å². The van der Waals surface area contributed by atoms with Crippen molar-refractivity contribution < 1.29 is 19.4 Å². The standard InChI is InChI=1S/C15H23N3O4/c19-13-16-9-15(22-13)3-5-17(6-4-15)12-7-11-2-1-10(12)8-18(11)14(20)21/h10-12H,1-9H2,(H,16,19)(H,20,21). The number of carbonyl (C=O) groups excluding carboxylic acids is 1. The lowest BCUT2D eigenvalue weighted by Gasteiger charge is -2.53. The number of hydrogen-bond donors (Lipinski definition) is 2. The molecule has 4 heterocycles. The Hall–Kier alpha value is -1.50.